The molecule has 2 aliphatic heterocycles. The zero-order chi connectivity index (χ0) is 18.3. The van der Waals surface area contributed by atoms with Crippen LogP contribution in [0.4, 0.5) is 0 Å². The summed E-state index contributed by atoms with van der Waals surface area (Å²) in [4.78, 5) is 15.4. The van der Waals surface area contributed by atoms with Gasteiger partial charge < -0.3 is 19.7 Å². The maximum Gasteiger partial charge on any atom is 0.231 e. The van der Waals surface area contributed by atoms with Crippen LogP contribution in [0.1, 0.15) is 30.4 Å². The van der Waals surface area contributed by atoms with Crippen molar-refractivity contribution in [3.8, 4) is 11.5 Å². The van der Waals surface area contributed by atoms with Crippen LogP contribution in [-0.2, 0) is 17.8 Å². The van der Waals surface area contributed by atoms with Crippen molar-refractivity contribution in [3.63, 3.8) is 0 Å². The number of ether oxygens (including phenoxy) is 2. The normalized spacial score (nSPS) is 22.0. The van der Waals surface area contributed by atoms with E-state index in [1.165, 1.54) is 18.4 Å². The second-order valence-corrected chi connectivity index (χ2v) is 8.63. The van der Waals surface area contributed by atoms with Gasteiger partial charge >= 0.3 is 0 Å². The first kappa shape index (κ1) is 17.1. The monoisotopic (exact) mass is 384 g/mol. The highest BCUT2D eigenvalue weighted by Crippen LogP contribution is 2.56. The van der Waals surface area contributed by atoms with E-state index in [0.29, 0.717) is 24.4 Å². The summed E-state index contributed by atoms with van der Waals surface area (Å²) in [5.74, 6) is 1.71. The van der Waals surface area contributed by atoms with Gasteiger partial charge in [-0.25, -0.2) is 0 Å². The molecule has 6 heteroatoms. The van der Waals surface area contributed by atoms with Gasteiger partial charge in [0.25, 0.3) is 0 Å². The Morgan fingerprint density at radius 3 is 2.85 bits per heavy atom. The lowest BCUT2D eigenvalue weighted by molar-refractivity contribution is -0.132. The molecule has 27 heavy (non-hydrogen) atoms. The van der Waals surface area contributed by atoms with Crippen molar-refractivity contribution in [1.29, 1.82) is 0 Å². The van der Waals surface area contributed by atoms with E-state index in [-0.39, 0.29) is 12.7 Å². The Morgan fingerprint density at radius 1 is 1.19 bits per heavy atom. The van der Waals surface area contributed by atoms with Crippen LogP contribution in [0, 0.1) is 5.41 Å². The molecule has 3 aliphatic rings. The molecule has 2 aromatic rings. The molecule has 1 aromatic carbocycles. The average Bonchev–Trinajstić information content (AvgIpc) is 3.09. The van der Waals surface area contributed by atoms with Gasteiger partial charge in [-0.2, -0.15) is 11.3 Å². The standard InChI is InChI=1S/C21H24N2O3S/c24-20(10-15-1-2-17-18(9-15)26-14-25-17)23(12-16-3-8-27-13-16)19-11-21(19)4-6-22-7-5-21/h1-3,8-9,13,19,22H,4-7,10-12,14H2. The van der Waals surface area contributed by atoms with E-state index in [4.69, 9.17) is 9.47 Å². The molecule has 0 radical (unpaired) electrons. The molecule has 5 nitrogen and oxygen atoms in total. The lowest BCUT2D eigenvalue weighted by Gasteiger charge is -2.29. The number of rotatable bonds is 5. The minimum absolute atomic E-state index is 0.209. The number of piperidine rings is 1. The maximum absolute atomic E-state index is 13.3. The van der Waals surface area contributed by atoms with Crippen molar-refractivity contribution in [1.82, 2.24) is 10.2 Å². The number of nitrogens with zero attached hydrogens (tertiary/aromatic N) is 1. The van der Waals surface area contributed by atoms with Crippen molar-refractivity contribution in [2.24, 2.45) is 5.41 Å². The summed E-state index contributed by atoms with van der Waals surface area (Å²) < 4.78 is 10.8. The van der Waals surface area contributed by atoms with Crippen LogP contribution in [0.5, 0.6) is 11.5 Å². The predicted molar refractivity (Wildman–Crippen MR) is 104 cm³/mol. The summed E-state index contributed by atoms with van der Waals surface area (Å²) in [6.45, 7) is 3.11. The number of carbonyl (C=O) groups is 1. The zero-order valence-electron chi connectivity index (χ0n) is 15.3. The second kappa shape index (κ2) is 6.84. The minimum Gasteiger partial charge on any atom is -0.454 e. The second-order valence-electron chi connectivity index (χ2n) is 7.85. The summed E-state index contributed by atoms with van der Waals surface area (Å²) >= 11 is 1.69. The van der Waals surface area contributed by atoms with Crippen LogP contribution < -0.4 is 14.8 Å². The molecule has 0 bridgehead atoms. The highest BCUT2D eigenvalue weighted by Gasteiger charge is 2.57. The van der Waals surface area contributed by atoms with Gasteiger partial charge in [-0.3, -0.25) is 4.79 Å². The summed E-state index contributed by atoms with van der Waals surface area (Å²) in [6, 6.07) is 8.32. The fourth-order valence-electron chi connectivity index (χ4n) is 4.51. The number of fused-ring (bicyclic) bond motifs is 1. The van der Waals surface area contributed by atoms with Gasteiger partial charge in [0.05, 0.1) is 6.42 Å². The first-order valence-electron chi connectivity index (χ1n) is 9.63. The van der Waals surface area contributed by atoms with Gasteiger partial charge in [0.1, 0.15) is 0 Å². The van der Waals surface area contributed by atoms with Crippen LogP contribution >= 0.6 is 11.3 Å². The average molecular weight is 385 g/mol. The van der Waals surface area contributed by atoms with E-state index in [9.17, 15) is 4.79 Å². The molecular formula is C21H24N2O3S. The van der Waals surface area contributed by atoms with Gasteiger partial charge in [-0.1, -0.05) is 6.07 Å². The minimum atomic E-state index is 0.209. The summed E-state index contributed by atoms with van der Waals surface area (Å²) in [6.07, 6.45) is 3.90. The maximum atomic E-state index is 13.3. The number of thiophene rings is 1. The Kier molecular flexibility index (Phi) is 4.32. The van der Waals surface area contributed by atoms with Crippen molar-refractivity contribution in [2.45, 2.75) is 38.3 Å². The van der Waals surface area contributed by atoms with Gasteiger partial charge in [0, 0.05) is 12.6 Å². The van der Waals surface area contributed by atoms with E-state index in [1.54, 1.807) is 11.3 Å². The van der Waals surface area contributed by atoms with Gasteiger partial charge in [0.2, 0.25) is 12.7 Å². The Hall–Kier alpha value is -2.05. The van der Waals surface area contributed by atoms with E-state index in [0.717, 1.165) is 36.6 Å². The van der Waals surface area contributed by atoms with Gasteiger partial charge in [0.15, 0.2) is 11.5 Å². The molecule has 1 unspecified atom stereocenters. The Bertz CT molecular complexity index is 830. The van der Waals surface area contributed by atoms with Crippen LogP contribution in [0.3, 0.4) is 0 Å². The topological polar surface area (TPSA) is 50.8 Å². The molecule has 1 saturated heterocycles. The molecular weight excluding hydrogens is 360 g/mol. The predicted octanol–water partition coefficient (Wildman–Crippen LogP) is 3.19. The quantitative estimate of drug-likeness (QED) is 0.860. The number of hydrogen-bond donors (Lipinski definition) is 1. The third-order valence-electron chi connectivity index (χ3n) is 6.17. The molecule has 142 valence electrons. The molecule has 1 spiro atoms. The fraction of sp³-hybridized carbons (Fsp3) is 0.476. The highest BCUT2D eigenvalue weighted by molar-refractivity contribution is 7.07. The van der Waals surface area contributed by atoms with E-state index >= 15 is 0 Å². The molecule has 5 rings (SSSR count). The lowest BCUT2D eigenvalue weighted by Crippen LogP contribution is -2.39. The summed E-state index contributed by atoms with van der Waals surface area (Å²) in [5, 5.41) is 7.69. The van der Waals surface area contributed by atoms with E-state index in [1.807, 2.05) is 18.2 Å². The van der Waals surface area contributed by atoms with Crippen molar-refractivity contribution >= 4 is 17.2 Å². The number of amides is 1. The fourth-order valence-corrected chi connectivity index (χ4v) is 5.17. The number of hydrogen-bond acceptors (Lipinski definition) is 5. The zero-order valence-corrected chi connectivity index (χ0v) is 16.1. The molecule has 1 aliphatic carbocycles. The van der Waals surface area contributed by atoms with Crippen LogP contribution in [-0.4, -0.2) is 36.7 Å². The summed E-state index contributed by atoms with van der Waals surface area (Å²) in [5.41, 5.74) is 2.56. The number of benzene rings is 1. The number of carbonyl (C=O) groups excluding carboxylic acids is 1. The Morgan fingerprint density at radius 2 is 2.04 bits per heavy atom. The first-order valence-corrected chi connectivity index (χ1v) is 10.6. The molecule has 1 aromatic heterocycles. The first-order chi connectivity index (χ1) is 13.2. The van der Waals surface area contributed by atoms with Gasteiger partial charge in [-0.15, -0.1) is 0 Å². The van der Waals surface area contributed by atoms with Crippen LogP contribution in [0.25, 0.3) is 0 Å². The molecule has 1 atom stereocenters. The third kappa shape index (κ3) is 3.32. The summed E-state index contributed by atoms with van der Waals surface area (Å²) in [7, 11) is 0. The van der Waals surface area contributed by atoms with Crippen LogP contribution in [0.15, 0.2) is 35.0 Å². The lowest BCUT2D eigenvalue weighted by atomic mass is 9.93. The Balaban J connectivity index is 1.34. The van der Waals surface area contributed by atoms with E-state index in [2.05, 4.69) is 27.0 Å². The van der Waals surface area contributed by atoms with Crippen molar-refractivity contribution in [3.05, 3.63) is 46.2 Å². The SMILES string of the molecule is O=C(Cc1ccc2c(c1)OCO2)N(Cc1ccsc1)C1CC12CCNCC2. The molecule has 1 saturated carbocycles. The Labute approximate surface area is 163 Å². The molecule has 1 amide bonds. The molecule has 3 heterocycles. The number of nitrogens with one attached hydrogen (secondary N) is 1. The van der Waals surface area contributed by atoms with Crippen molar-refractivity contribution < 1.29 is 14.3 Å². The van der Waals surface area contributed by atoms with Gasteiger partial charge in [-0.05, 0) is 77.9 Å². The van der Waals surface area contributed by atoms with Crippen LogP contribution in [0.2, 0.25) is 0 Å². The smallest absolute Gasteiger partial charge is 0.231 e. The molecule has 1 N–H and O–H groups in total. The van der Waals surface area contributed by atoms with E-state index < -0.39 is 0 Å². The largest absolute Gasteiger partial charge is 0.454 e. The van der Waals surface area contributed by atoms with Crippen molar-refractivity contribution in [2.75, 3.05) is 19.9 Å². The highest BCUT2D eigenvalue weighted by atomic mass is 32.1. The third-order valence-corrected chi connectivity index (χ3v) is 6.90. The molecule has 2 fully saturated rings.